The molecule has 1 rings (SSSR count). The van der Waals surface area contributed by atoms with Crippen LogP contribution in [0.1, 0.15) is 12.5 Å². The number of hydrogen-bond acceptors (Lipinski definition) is 2. The van der Waals surface area contributed by atoms with Gasteiger partial charge in [0.05, 0.1) is 18.0 Å². The van der Waals surface area contributed by atoms with Crippen molar-refractivity contribution in [2.45, 2.75) is 6.92 Å². The van der Waals surface area contributed by atoms with E-state index in [1.807, 2.05) is 0 Å². The largest absolute Gasteiger partial charge is 0.216 e. The smallest absolute Gasteiger partial charge is 0.0657 e. The topological polar surface area (TPSA) is 17.8 Å². The Morgan fingerprint density at radius 1 is 1.78 bits per heavy atom. The van der Waals surface area contributed by atoms with Gasteiger partial charge in [0.2, 0.25) is 0 Å². The summed E-state index contributed by atoms with van der Waals surface area (Å²) in [6.45, 7) is 1.79. The standard InChI is InChI=1S/C6H6N2S/c1-2-3-6-4-7-8(9)5-6/h4-5,9H,1H3. The van der Waals surface area contributed by atoms with Crippen molar-refractivity contribution in [3.63, 3.8) is 0 Å². The predicted octanol–water partition coefficient (Wildman–Crippen LogP) is 0.947. The fourth-order valence-electron chi connectivity index (χ4n) is 0.521. The lowest BCUT2D eigenvalue weighted by Gasteiger charge is -1.76. The van der Waals surface area contributed by atoms with Crippen molar-refractivity contribution in [1.29, 1.82) is 0 Å². The lowest BCUT2D eigenvalue weighted by Crippen LogP contribution is -1.74. The molecule has 0 aliphatic rings. The Hall–Kier alpha value is -0.880. The first-order chi connectivity index (χ1) is 4.33. The van der Waals surface area contributed by atoms with Crippen LogP contribution in [0.2, 0.25) is 0 Å². The summed E-state index contributed by atoms with van der Waals surface area (Å²) >= 11 is 3.94. The zero-order chi connectivity index (χ0) is 6.69. The molecular formula is C6H6N2S. The summed E-state index contributed by atoms with van der Waals surface area (Å²) in [5.74, 6) is 5.61. The molecule has 0 fully saturated rings. The van der Waals surface area contributed by atoms with Crippen LogP contribution in [0.15, 0.2) is 12.4 Å². The summed E-state index contributed by atoms with van der Waals surface area (Å²) < 4.78 is 1.43. The van der Waals surface area contributed by atoms with Gasteiger partial charge in [-0.1, -0.05) is 5.92 Å². The van der Waals surface area contributed by atoms with Gasteiger partial charge in [-0.2, -0.15) is 5.10 Å². The molecule has 2 nitrogen and oxygen atoms in total. The van der Waals surface area contributed by atoms with Crippen LogP contribution >= 0.6 is 12.8 Å². The highest BCUT2D eigenvalue weighted by molar-refractivity contribution is 7.78. The van der Waals surface area contributed by atoms with Gasteiger partial charge >= 0.3 is 0 Å². The number of hydrogen-bond donors (Lipinski definition) is 1. The Kier molecular flexibility index (Phi) is 1.81. The van der Waals surface area contributed by atoms with Crippen LogP contribution in [0, 0.1) is 11.8 Å². The first-order valence-corrected chi connectivity index (χ1v) is 2.89. The second kappa shape index (κ2) is 2.60. The fraction of sp³-hybridized carbons (Fsp3) is 0.167. The maximum atomic E-state index is 3.94. The summed E-state index contributed by atoms with van der Waals surface area (Å²) in [5.41, 5.74) is 0.896. The summed E-state index contributed by atoms with van der Waals surface area (Å²) in [7, 11) is 0. The normalized spacial score (nSPS) is 8.22. The van der Waals surface area contributed by atoms with E-state index in [1.165, 1.54) is 4.09 Å². The quantitative estimate of drug-likeness (QED) is 0.417. The Bertz CT molecular complexity index is 254. The summed E-state index contributed by atoms with van der Waals surface area (Å²) in [6.07, 6.45) is 3.42. The highest BCUT2D eigenvalue weighted by atomic mass is 32.1. The maximum Gasteiger partial charge on any atom is 0.0657 e. The Labute approximate surface area is 59.4 Å². The molecule has 0 amide bonds. The molecular weight excluding hydrogens is 132 g/mol. The molecule has 3 heteroatoms. The van der Waals surface area contributed by atoms with Gasteiger partial charge in [0.1, 0.15) is 0 Å². The van der Waals surface area contributed by atoms with E-state index in [-0.39, 0.29) is 0 Å². The molecule has 0 atom stereocenters. The molecule has 1 aromatic heterocycles. The Morgan fingerprint density at radius 2 is 2.56 bits per heavy atom. The SMILES string of the molecule is CC#Cc1cnn(S)c1. The second-order valence-corrected chi connectivity index (χ2v) is 1.93. The van der Waals surface area contributed by atoms with Gasteiger partial charge in [0.25, 0.3) is 0 Å². The molecule has 0 aromatic carbocycles. The lowest BCUT2D eigenvalue weighted by atomic mass is 10.4. The molecule has 0 bridgehead atoms. The van der Waals surface area contributed by atoms with Crippen LogP contribution < -0.4 is 0 Å². The summed E-state index contributed by atoms with van der Waals surface area (Å²) in [6, 6.07) is 0. The van der Waals surface area contributed by atoms with Crippen molar-refractivity contribution in [3.05, 3.63) is 18.0 Å². The molecule has 0 aliphatic carbocycles. The van der Waals surface area contributed by atoms with Gasteiger partial charge in [0, 0.05) is 0 Å². The van der Waals surface area contributed by atoms with Crippen LogP contribution in [0.25, 0.3) is 0 Å². The van der Waals surface area contributed by atoms with E-state index in [0.717, 1.165) is 5.56 Å². The molecule has 9 heavy (non-hydrogen) atoms. The third-order valence-electron chi connectivity index (χ3n) is 0.839. The molecule has 46 valence electrons. The van der Waals surface area contributed by atoms with Gasteiger partial charge in [-0.15, -0.1) is 5.92 Å². The molecule has 1 heterocycles. The monoisotopic (exact) mass is 138 g/mol. The molecule has 0 aliphatic heterocycles. The average molecular weight is 138 g/mol. The predicted molar refractivity (Wildman–Crippen MR) is 39.2 cm³/mol. The minimum absolute atomic E-state index is 0.896. The maximum absolute atomic E-state index is 3.94. The van der Waals surface area contributed by atoms with E-state index in [4.69, 9.17) is 0 Å². The number of rotatable bonds is 0. The molecule has 1 aromatic rings. The summed E-state index contributed by atoms with van der Waals surface area (Å²) in [4.78, 5) is 0. The molecule has 0 saturated heterocycles. The van der Waals surface area contributed by atoms with E-state index in [9.17, 15) is 0 Å². The van der Waals surface area contributed by atoms with Crippen molar-refractivity contribution < 1.29 is 0 Å². The van der Waals surface area contributed by atoms with Gasteiger partial charge in [-0.05, 0) is 19.7 Å². The fourth-order valence-corrected chi connectivity index (χ4v) is 0.697. The van der Waals surface area contributed by atoms with Gasteiger partial charge in [0.15, 0.2) is 0 Å². The van der Waals surface area contributed by atoms with Crippen LogP contribution in [0.3, 0.4) is 0 Å². The van der Waals surface area contributed by atoms with E-state index in [0.29, 0.717) is 0 Å². The zero-order valence-electron chi connectivity index (χ0n) is 5.00. The summed E-state index contributed by atoms with van der Waals surface area (Å²) in [5, 5.41) is 3.81. The Balaban J connectivity index is 2.93. The highest BCUT2D eigenvalue weighted by Crippen LogP contribution is 1.94. The van der Waals surface area contributed by atoms with Crippen LogP contribution in [0.4, 0.5) is 0 Å². The van der Waals surface area contributed by atoms with E-state index in [2.05, 4.69) is 29.8 Å². The molecule has 0 radical (unpaired) electrons. The van der Waals surface area contributed by atoms with E-state index in [1.54, 1.807) is 19.3 Å². The van der Waals surface area contributed by atoms with Gasteiger partial charge < -0.3 is 0 Å². The first-order valence-electron chi connectivity index (χ1n) is 2.49. The van der Waals surface area contributed by atoms with Crippen molar-refractivity contribution in [2.75, 3.05) is 0 Å². The third kappa shape index (κ3) is 1.51. The van der Waals surface area contributed by atoms with Crippen LogP contribution in [0.5, 0.6) is 0 Å². The highest BCUT2D eigenvalue weighted by Gasteiger charge is 1.87. The third-order valence-corrected chi connectivity index (χ3v) is 1.06. The van der Waals surface area contributed by atoms with Crippen molar-refractivity contribution in [2.24, 2.45) is 0 Å². The van der Waals surface area contributed by atoms with E-state index < -0.39 is 0 Å². The average Bonchev–Trinajstić information content (AvgIpc) is 2.17. The number of aromatic nitrogens is 2. The van der Waals surface area contributed by atoms with Crippen LogP contribution in [-0.4, -0.2) is 9.19 Å². The minimum atomic E-state index is 0.896. The van der Waals surface area contributed by atoms with Gasteiger partial charge in [-0.25, -0.2) is 4.09 Å². The molecule has 0 spiro atoms. The van der Waals surface area contributed by atoms with Gasteiger partial charge in [-0.3, -0.25) is 0 Å². The molecule has 0 N–H and O–H groups in total. The zero-order valence-corrected chi connectivity index (χ0v) is 5.89. The van der Waals surface area contributed by atoms with E-state index >= 15 is 0 Å². The lowest BCUT2D eigenvalue weighted by molar-refractivity contribution is 1.02. The van der Waals surface area contributed by atoms with Crippen molar-refractivity contribution >= 4 is 12.8 Å². The molecule has 0 unspecified atom stereocenters. The van der Waals surface area contributed by atoms with Crippen LogP contribution in [-0.2, 0) is 0 Å². The van der Waals surface area contributed by atoms with Crippen molar-refractivity contribution in [3.8, 4) is 11.8 Å². The second-order valence-electron chi connectivity index (χ2n) is 1.52. The van der Waals surface area contributed by atoms with Crippen molar-refractivity contribution in [1.82, 2.24) is 9.19 Å². The first kappa shape index (κ1) is 6.24. The number of nitrogens with zero attached hydrogens (tertiary/aromatic N) is 2. The molecule has 0 saturated carbocycles. The minimum Gasteiger partial charge on any atom is -0.216 e. The Morgan fingerprint density at radius 3 is 3.00 bits per heavy atom. The number of thiol groups is 1.